The highest BCUT2D eigenvalue weighted by Gasteiger charge is 2.32. The fraction of sp³-hybridized carbons (Fsp3) is 0.857. The minimum Gasteiger partial charge on any atom is -0.481 e. The lowest BCUT2D eigenvalue weighted by Gasteiger charge is -2.33. The number of hydrogen-bond donors (Lipinski definition) is 1. The number of aliphatic carboxylic acids is 1. The average Bonchev–Trinajstić information content (AvgIpc) is 2.32. The minimum atomic E-state index is -0.705. The first-order valence-corrected chi connectivity index (χ1v) is 7.05. The summed E-state index contributed by atoms with van der Waals surface area (Å²) < 4.78 is 0. The second-order valence-corrected chi connectivity index (χ2v) is 5.90. The van der Waals surface area contributed by atoms with Crippen LogP contribution in [0.25, 0.3) is 0 Å². The van der Waals surface area contributed by atoms with Gasteiger partial charge in [0.2, 0.25) is 5.91 Å². The molecule has 0 radical (unpaired) electrons. The van der Waals surface area contributed by atoms with E-state index in [0.717, 1.165) is 19.4 Å². The third-order valence-corrected chi connectivity index (χ3v) is 4.56. The smallest absolute Gasteiger partial charge is 0.306 e. The highest BCUT2D eigenvalue weighted by atomic mass is 16.4. The van der Waals surface area contributed by atoms with Crippen molar-refractivity contribution in [3.8, 4) is 0 Å². The van der Waals surface area contributed by atoms with Crippen LogP contribution in [0.3, 0.4) is 0 Å². The summed E-state index contributed by atoms with van der Waals surface area (Å²) >= 11 is 0. The molecule has 0 atom stereocenters. The quantitative estimate of drug-likeness (QED) is 0.835. The first-order valence-electron chi connectivity index (χ1n) is 7.05. The van der Waals surface area contributed by atoms with Crippen LogP contribution in [0, 0.1) is 17.8 Å². The maximum atomic E-state index is 12.2. The molecule has 0 aromatic heterocycles. The monoisotopic (exact) mass is 253 g/mol. The largest absolute Gasteiger partial charge is 0.481 e. The molecule has 102 valence electrons. The van der Waals surface area contributed by atoms with Crippen molar-refractivity contribution in [2.45, 2.75) is 44.9 Å². The lowest BCUT2D eigenvalue weighted by Crippen LogP contribution is -2.39. The summed E-state index contributed by atoms with van der Waals surface area (Å²) in [6.45, 7) is 0.887. The van der Waals surface area contributed by atoms with Crippen LogP contribution in [0.4, 0.5) is 0 Å². The predicted octanol–water partition coefficient (Wildman–Crippen LogP) is 2.14. The molecule has 2 aliphatic carbocycles. The van der Waals surface area contributed by atoms with Crippen LogP contribution in [0.5, 0.6) is 0 Å². The van der Waals surface area contributed by atoms with Gasteiger partial charge in [0.1, 0.15) is 0 Å². The van der Waals surface area contributed by atoms with Crippen molar-refractivity contribution in [2.75, 3.05) is 13.6 Å². The number of hydrogen-bond acceptors (Lipinski definition) is 2. The Balaban J connectivity index is 1.77. The lowest BCUT2D eigenvalue weighted by atomic mass is 9.81. The third kappa shape index (κ3) is 3.03. The van der Waals surface area contributed by atoms with Gasteiger partial charge >= 0.3 is 5.97 Å². The van der Waals surface area contributed by atoms with E-state index in [0.29, 0.717) is 18.8 Å². The summed E-state index contributed by atoms with van der Waals surface area (Å²) in [6, 6.07) is 0. The summed E-state index contributed by atoms with van der Waals surface area (Å²) in [5, 5.41) is 8.94. The Bertz CT molecular complexity index is 317. The predicted molar refractivity (Wildman–Crippen MR) is 68.1 cm³/mol. The zero-order valence-electron chi connectivity index (χ0n) is 11.1. The SMILES string of the molecule is CN(CC1CCC1)C(=O)C1CCC(C(=O)O)CC1. The van der Waals surface area contributed by atoms with Crippen molar-refractivity contribution >= 4 is 11.9 Å². The molecule has 2 fully saturated rings. The van der Waals surface area contributed by atoms with Crippen molar-refractivity contribution in [1.29, 1.82) is 0 Å². The van der Waals surface area contributed by atoms with Crippen molar-refractivity contribution in [3.63, 3.8) is 0 Å². The standard InChI is InChI=1S/C14H23NO3/c1-15(9-10-3-2-4-10)13(16)11-5-7-12(8-6-11)14(17)18/h10-12H,2-9H2,1H3,(H,17,18). The van der Waals surface area contributed by atoms with E-state index in [9.17, 15) is 9.59 Å². The molecule has 2 saturated carbocycles. The lowest BCUT2D eigenvalue weighted by molar-refractivity contribution is -0.145. The van der Waals surface area contributed by atoms with Crippen LogP contribution in [-0.2, 0) is 9.59 Å². The van der Waals surface area contributed by atoms with E-state index < -0.39 is 5.97 Å². The topological polar surface area (TPSA) is 57.6 Å². The Hall–Kier alpha value is -1.06. The second kappa shape index (κ2) is 5.72. The maximum absolute atomic E-state index is 12.2. The van der Waals surface area contributed by atoms with E-state index >= 15 is 0 Å². The molecule has 1 N–H and O–H groups in total. The van der Waals surface area contributed by atoms with Gasteiger partial charge in [0, 0.05) is 19.5 Å². The van der Waals surface area contributed by atoms with Crippen molar-refractivity contribution in [3.05, 3.63) is 0 Å². The summed E-state index contributed by atoms with van der Waals surface area (Å²) in [7, 11) is 1.89. The van der Waals surface area contributed by atoms with Crippen molar-refractivity contribution in [1.82, 2.24) is 4.90 Å². The fourth-order valence-electron chi connectivity index (χ4n) is 3.05. The molecule has 0 aliphatic heterocycles. The number of carboxylic acids is 1. The van der Waals surface area contributed by atoms with Gasteiger partial charge < -0.3 is 10.0 Å². The first-order chi connectivity index (χ1) is 8.58. The maximum Gasteiger partial charge on any atom is 0.306 e. The van der Waals surface area contributed by atoms with Gasteiger partial charge in [-0.3, -0.25) is 9.59 Å². The van der Waals surface area contributed by atoms with Gasteiger partial charge in [-0.05, 0) is 44.4 Å². The van der Waals surface area contributed by atoms with E-state index in [4.69, 9.17) is 5.11 Å². The Morgan fingerprint density at radius 2 is 1.61 bits per heavy atom. The third-order valence-electron chi connectivity index (χ3n) is 4.56. The van der Waals surface area contributed by atoms with Gasteiger partial charge in [0.05, 0.1) is 5.92 Å². The molecule has 0 aromatic carbocycles. The molecule has 4 heteroatoms. The van der Waals surface area contributed by atoms with Gasteiger partial charge in [-0.2, -0.15) is 0 Å². The molecule has 0 unspecified atom stereocenters. The fourth-order valence-corrected chi connectivity index (χ4v) is 3.05. The van der Waals surface area contributed by atoms with Gasteiger partial charge in [0.15, 0.2) is 0 Å². The number of amides is 1. The van der Waals surface area contributed by atoms with Gasteiger partial charge in [-0.25, -0.2) is 0 Å². The van der Waals surface area contributed by atoms with E-state index in [1.165, 1.54) is 19.3 Å². The van der Waals surface area contributed by atoms with Gasteiger partial charge in [-0.15, -0.1) is 0 Å². The zero-order valence-corrected chi connectivity index (χ0v) is 11.1. The molecule has 1 amide bonds. The summed E-state index contributed by atoms with van der Waals surface area (Å²) in [5.41, 5.74) is 0. The highest BCUT2D eigenvalue weighted by Crippen LogP contribution is 2.31. The van der Waals surface area contributed by atoms with E-state index in [2.05, 4.69) is 0 Å². The highest BCUT2D eigenvalue weighted by molar-refractivity contribution is 5.79. The average molecular weight is 253 g/mol. The summed E-state index contributed by atoms with van der Waals surface area (Å²) in [6.07, 6.45) is 6.60. The summed E-state index contributed by atoms with van der Waals surface area (Å²) in [4.78, 5) is 25.0. The molecule has 0 aromatic rings. The van der Waals surface area contributed by atoms with Crippen LogP contribution in [0.2, 0.25) is 0 Å². The Morgan fingerprint density at radius 3 is 2.06 bits per heavy atom. The first kappa shape index (κ1) is 13.4. The van der Waals surface area contributed by atoms with E-state index in [1.54, 1.807) is 0 Å². The summed E-state index contributed by atoms with van der Waals surface area (Å²) in [5.74, 6) is 0.0560. The molecular weight excluding hydrogens is 230 g/mol. The molecule has 4 nitrogen and oxygen atoms in total. The zero-order chi connectivity index (χ0) is 13.1. The Kier molecular flexibility index (Phi) is 4.25. The molecule has 2 aliphatic rings. The van der Waals surface area contributed by atoms with Gasteiger partial charge in [-0.1, -0.05) is 6.42 Å². The normalized spacial score (nSPS) is 28.5. The Morgan fingerprint density at radius 1 is 1.06 bits per heavy atom. The molecule has 2 rings (SSSR count). The molecule has 18 heavy (non-hydrogen) atoms. The number of carbonyl (C=O) groups is 2. The molecule has 0 heterocycles. The van der Waals surface area contributed by atoms with Gasteiger partial charge in [0.25, 0.3) is 0 Å². The van der Waals surface area contributed by atoms with Crippen LogP contribution in [-0.4, -0.2) is 35.5 Å². The van der Waals surface area contributed by atoms with Crippen LogP contribution >= 0.6 is 0 Å². The Labute approximate surface area is 108 Å². The van der Waals surface area contributed by atoms with Crippen LogP contribution in [0.1, 0.15) is 44.9 Å². The number of rotatable bonds is 4. The van der Waals surface area contributed by atoms with Crippen LogP contribution in [0.15, 0.2) is 0 Å². The molecule has 0 saturated heterocycles. The second-order valence-electron chi connectivity index (χ2n) is 5.90. The molecular formula is C14H23NO3. The van der Waals surface area contributed by atoms with Crippen molar-refractivity contribution in [2.24, 2.45) is 17.8 Å². The van der Waals surface area contributed by atoms with E-state index in [-0.39, 0.29) is 17.7 Å². The molecule has 0 bridgehead atoms. The van der Waals surface area contributed by atoms with Crippen molar-refractivity contribution < 1.29 is 14.7 Å². The number of nitrogens with zero attached hydrogens (tertiary/aromatic N) is 1. The van der Waals surface area contributed by atoms with Crippen LogP contribution < -0.4 is 0 Å². The minimum absolute atomic E-state index is 0.0608. The molecule has 0 spiro atoms. The number of carboxylic acid groups (broad SMARTS) is 1. The number of carbonyl (C=O) groups excluding carboxylic acids is 1. The van der Waals surface area contributed by atoms with E-state index in [1.807, 2.05) is 11.9 Å².